The van der Waals surface area contributed by atoms with Gasteiger partial charge in [-0.1, -0.05) is 37.5 Å². The van der Waals surface area contributed by atoms with E-state index in [1.807, 2.05) is 24.3 Å². The molecule has 184 valence electrons. The number of para-hydroxylation sites is 1. The summed E-state index contributed by atoms with van der Waals surface area (Å²) in [6.45, 7) is 1.47. The minimum absolute atomic E-state index is 0.226. The first-order valence-corrected chi connectivity index (χ1v) is 12.5. The molecular formula is C28H33N3O4. The molecule has 1 aliphatic heterocycles. The minimum atomic E-state index is -1.04. The monoisotopic (exact) mass is 475 g/mol. The number of carbonyl (C=O) groups is 2. The number of aliphatic carboxylic acids is 1. The van der Waals surface area contributed by atoms with E-state index in [-0.39, 0.29) is 12.5 Å². The van der Waals surface area contributed by atoms with Crippen molar-refractivity contribution < 1.29 is 19.4 Å². The number of aromatic nitrogens is 1. The van der Waals surface area contributed by atoms with Crippen molar-refractivity contribution in [3.8, 4) is 17.0 Å². The summed E-state index contributed by atoms with van der Waals surface area (Å²) in [5.41, 5.74) is 5.14. The molecule has 7 nitrogen and oxygen atoms in total. The Labute approximate surface area is 205 Å². The van der Waals surface area contributed by atoms with E-state index in [9.17, 15) is 14.7 Å². The first-order chi connectivity index (χ1) is 16.9. The van der Waals surface area contributed by atoms with Gasteiger partial charge in [0.1, 0.15) is 18.4 Å². The van der Waals surface area contributed by atoms with Crippen LogP contribution in [0.4, 0.5) is 0 Å². The summed E-state index contributed by atoms with van der Waals surface area (Å²) in [6.07, 6.45) is 6.09. The fourth-order valence-electron chi connectivity index (χ4n) is 5.67. The van der Waals surface area contributed by atoms with Gasteiger partial charge in [0.2, 0.25) is 0 Å². The van der Waals surface area contributed by atoms with Gasteiger partial charge in [-0.25, -0.2) is 4.79 Å². The number of nitrogens with one attached hydrogen (secondary N) is 1. The van der Waals surface area contributed by atoms with Crippen molar-refractivity contribution in [2.75, 3.05) is 27.2 Å². The minimum Gasteiger partial charge on any atom is -0.491 e. The molecule has 2 aromatic carbocycles. The van der Waals surface area contributed by atoms with Crippen molar-refractivity contribution in [1.29, 1.82) is 0 Å². The summed E-state index contributed by atoms with van der Waals surface area (Å²) in [5, 5.41) is 13.4. The van der Waals surface area contributed by atoms with Crippen LogP contribution >= 0.6 is 0 Å². The number of nitrogens with zero attached hydrogens (tertiary/aromatic N) is 2. The van der Waals surface area contributed by atoms with Gasteiger partial charge < -0.3 is 24.6 Å². The van der Waals surface area contributed by atoms with Crippen molar-refractivity contribution in [2.24, 2.45) is 0 Å². The molecule has 2 heterocycles. The number of rotatable bonds is 6. The lowest BCUT2D eigenvalue weighted by Gasteiger charge is -2.23. The number of carbonyl (C=O) groups excluding carboxylic acids is 1. The van der Waals surface area contributed by atoms with Crippen molar-refractivity contribution in [1.82, 2.24) is 14.8 Å². The summed E-state index contributed by atoms with van der Waals surface area (Å²) >= 11 is 0. The van der Waals surface area contributed by atoms with E-state index in [1.54, 1.807) is 19.0 Å². The van der Waals surface area contributed by atoms with Crippen molar-refractivity contribution in [3.05, 3.63) is 53.6 Å². The van der Waals surface area contributed by atoms with Crippen LogP contribution in [0.25, 0.3) is 22.2 Å². The molecule has 1 atom stereocenters. The van der Waals surface area contributed by atoms with Gasteiger partial charge in [0.05, 0.1) is 12.2 Å². The van der Waals surface area contributed by atoms with Crippen LogP contribution in [0.3, 0.4) is 0 Å². The molecule has 3 aromatic rings. The van der Waals surface area contributed by atoms with Crippen LogP contribution in [0.2, 0.25) is 0 Å². The summed E-state index contributed by atoms with van der Waals surface area (Å²) in [6, 6.07) is 13.1. The topological polar surface area (TPSA) is 83.8 Å². The Morgan fingerprint density at radius 1 is 1.14 bits per heavy atom. The number of carboxylic acids is 1. The maximum Gasteiger partial charge on any atom is 0.327 e. The molecule has 1 unspecified atom stereocenters. The van der Waals surface area contributed by atoms with Gasteiger partial charge in [-0.2, -0.15) is 0 Å². The van der Waals surface area contributed by atoms with Crippen molar-refractivity contribution in [3.63, 3.8) is 0 Å². The third-order valence-electron chi connectivity index (χ3n) is 7.25. The maximum absolute atomic E-state index is 13.1. The highest BCUT2D eigenvalue weighted by atomic mass is 16.5. The van der Waals surface area contributed by atoms with E-state index >= 15 is 0 Å². The predicted molar refractivity (Wildman–Crippen MR) is 136 cm³/mol. The first kappa shape index (κ1) is 23.4. The molecule has 0 bridgehead atoms. The van der Waals surface area contributed by atoms with E-state index in [1.165, 1.54) is 48.7 Å². The Bertz CT molecular complexity index is 1260. The third-order valence-corrected chi connectivity index (χ3v) is 7.25. The number of amides is 1. The zero-order valence-electron chi connectivity index (χ0n) is 20.4. The average Bonchev–Trinajstić information content (AvgIpc) is 3.05. The fraction of sp³-hybridized carbons (Fsp3) is 0.429. The number of ether oxygens (including phenoxy) is 1. The van der Waals surface area contributed by atoms with Crippen LogP contribution in [0.5, 0.6) is 5.75 Å². The van der Waals surface area contributed by atoms with Crippen LogP contribution in [-0.2, 0) is 11.3 Å². The number of hydrogen-bond acceptors (Lipinski definition) is 4. The zero-order chi connectivity index (χ0) is 24.5. The smallest absolute Gasteiger partial charge is 0.327 e. The Hall–Kier alpha value is -3.32. The standard InChI is InChI=1S/C28H33N3O4/c1-30(2)17-22(28(33)34)29-27(32)19-12-13-20-23(16-19)31-14-15-35-24-11-7-6-10-21(24)26(31)25(20)18-8-4-3-5-9-18/h6-7,10-13,16,18,22H,3-5,8-9,14-15,17H2,1-2H3,(H,29,32)(H,33,34). The number of benzene rings is 2. The van der Waals surface area contributed by atoms with Crippen molar-refractivity contribution in [2.45, 2.75) is 50.6 Å². The van der Waals surface area contributed by atoms with Gasteiger partial charge in [0.15, 0.2) is 0 Å². The third kappa shape index (κ3) is 4.52. The first-order valence-electron chi connectivity index (χ1n) is 12.5. The van der Waals surface area contributed by atoms with E-state index in [4.69, 9.17) is 4.74 Å². The highest BCUT2D eigenvalue weighted by Crippen LogP contribution is 2.47. The molecule has 1 aromatic heterocycles. The molecule has 0 spiro atoms. The SMILES string of the molecule is CN(C)CC(NC(=O)c1ccc2c(C3CCCCC3)c3n(c2c1)CCOc1ccccc1-3)C(=O)O. The molecule has 1 aliphatic carbocycles. The normalized spacial score (nSPS) is 16.8. The van der Waals surface area contributed by atoms with Gasteiger partial charge in [-0.15, -0.1) is 0 Å². The summed E-state index contributed by atoms with van der Waals surface area (Å²) in [7, 11) is 3.58. The Morgan fingerprint density at radius 2 is 1.91 bits per heavy atom. The van der Waals surface area contributed by atoms with Gasteiger partial charge in [-0.3, -0.25) is 4.79 Å². The van der Waals surface area contributed by atoms with Crippen LogP contribution in [0.1, 0.15) is 53.9 Å². The van der Waals surface area contributed by atoms with E-state index in [0.29, 0.717) is 24.6 Å². The number of carboxylic acid groups (broad SMARTS) is 1. The zero-order valence-corrected chi connectivity index (χ0v) is 20.4. The molecule has 2 aliphatic rings. The fourth-order valence-corrected chi connectivity index (χ4v) is 5.67. The van der Waals surface area contributed by atoms with Crippen LogP contribution < -0.4 is 10.1 Å². The highest BCUT2D eigenvalue weighted by molar-refractivity contribution is 6.02. The number of hydrogen-bond donors (Lipinski definition) is 2. The second kappa shape index (κ2) is 9.74. The molecule has 0 radical (unpaired) electrons. The van der Waals surface area contributed by atoms with Crippen molar-refractivity contribution >= 4 is 22.8 Å². The van der Waals surface area contributed by atoms with E-state index in [0.717, 1.165) is 16.8 Å². The highest BCUT2D eigenvalue weighted by Gasteiger charge is 2.30. The number of fused-ring (bicyclic) bond motifs is 5. The van der Waals surface area contributed by atoms with E-state index < -0.39 is 12.0 Å². The van der Waals surface area contributed by atoms with Crippen LogP contribution in [-0.4, -0.2) is 59.7 Å². The molecule has 2 N–H and O–H groups in total. The molecule has 7 heteroatoms. The molecule has 1 fully saturated rings. The van der Waals surface area contributed by atoms with E-state index in [2.05, 4.69) is 28.1 Å². The lowest BCUT2D eigenvalue weighted by atomic mass is 9.81. The Balaban J connectivity index is 1.62. The lowest BCUT2D eigenvalue weighted by Crippen LogP contribution is -2.46. The maximum atomic E-state index is 13.1. The number of likely N-dealkylation sites (N-methyl/N-ethyl adjacent to an activating group) is 1. The van der Waals surface area contributed by atoms with Gasteiger partial charge in [-0.05, 0) is 62.7 Å². The molecule has 35 heavy (non-hydrogen) atoms. The second-order valence-electron chi connectivity index (χ2n) is 9.95. The van der Waals surface area contributed by atoms with Gasteiger partial charge in [0, 0.05) is 28.6 Å². The van der Waals surface area contributed by atoms with Gasteiger partial charge in [0.25, 0.3) is 5.91 Å². The molecular weight excluding hydrogens is 442 g/mol. The largest absolute Gasteiger partial charge is 0.491 e. The molecule has 1 saturated carbocycles. The molecule has 1 amide bonds. The summed E-state index contributed by atoms with van der Waals surface area (Å²) in [5.74, 6) is -0.0407. The Morgan fingerprint density at radius 3 is 2.66 bits per heavy atom. The second-order valence-corrected chi connectivity index (χ2v) is 9.95. The lowest BCUT2D eigenvalue weighted by molar-refractivity contribution is -0.139. The summed E-state index contributed by atoms with van der Waals surface area (Å²) < 4.78 is 8.41. The van der Waals surface area contributed by atoms with Gasteiger partial charge >= 0.3 is 5.97 Å². The quantitative estimate of drug-likeness (QED) is 0.549. The Kier molecular flexibility index (Phi) is 6.52. The van der Waals surface area contributed by atoms with Crippen LogP contribution in [0.15, 0.2) is 42.5 Å². The average molecular weight is 476 g/mol. The summed E-state index contributed by atoms with van der Waals surface area (Å²) in [4.78, 5) is 26.5. The molecule has 0 saturated heterocycles. The van der Waals surface area contributed by atoms with Crippen LogP contribution in [0, 0.1) is 0 Å². The molecule has 5 rings (SSSR count). The predicted octanol–water partition coefficient (Wildman–Crippen LogP) is 4.49.